The molecule has 5 N–H and O–H groups in total. The Labute approximate surface area is 219 Å². The van der Waals surface area contributed by atoms with Gasteiger partial charge in [0, 0.05) is 5.02 Å². The molecule has 3 atom stereocenters. The minimum absolute atomic E-state index is 0.0618. The summed E-state index contributed by atoms with van der Waals surface area (Å²) in [5.41, 5.74) is 0.384. The quantitative estimate of drug-likeness (QED) is 0.281. The average Bonchev–Trinajstić information content (AvgIpc) is 2.83. The lowest BCUT2D eigenvalue weighted by atomic mass is 10.00. The Morgan fingerprint density at radius 1 is 0.972 bits per heavy atom. The molecule has 9 nitrogen and oxygen atoms in total. The number of aromatic hydroxyl groups is 1. The first-order valence-corrected chi connectivity index (χ1v) is 13.0. The molecule has 0 unspecified atom stereocenters. The van der Waals surface area contributed by atoms with Crippen molar-refractivity contribution >= 4 is 47.1 Å². The lowest BCUT2D eigenvalue weighted by Gasteiger charge is -2.26. The molecule has 2 rings (SSSR count). The van der Waals surface area contributed by atoms with Crippen LogP contribution in [0.3, 0.4) is 0 Å². The lowest BCUT2D eigenvalue weighted by molar-refractivity contribution is -0.142. The summed E-state index contributed by atoms with van der Waals surface area (Å²) in [5.74, 6) is -3.39. The second-order valence-corrected chi connectivity index (χ2v) is 9.81. The van der Waals surface area contributed by atoms with Gasteiger partial charge < -0.3 is 26.2 Å². The number of hydrogen-bond acceptors (Lipinski definition) is 6. The van der Waals surface area contributed by atoms with E-state index in [0.29, 0.717) is 11.3 Å². The molecule has 0 radical (unpaired) electrons. The largest absolute Gasteiger partial charge is 0.507 e. The number of nitrogens with one attached hydrogen (secondary N) is 3. The van der Waals surface area contributed by atoms with Gasteiger partial charge in [0.1, 0.15) is 23.9 Å². The summed E-state index contributed by atoms with van der Waals surface area (Å²) in [6.07, 6.45) is 2.05. The maximum atomic E-state index is 13.3. The molecule has 194 valence electrons. The molecule has 0 heterocycles. The molecule has 3 amide bonds. The second kappa shape index (κ2) is 13.7. The van der Waals surface area contributed by atoms with Crippen LogP contribution in [0.5, 0.6) is 5.75 Å². The number of hydrogen-bond donors (Lipinski definition) is 5. The summed E-state index contributed by atoms with van der Waals surface area (Å²) in [6.45, 7) is 3.43. The van der Waals surface area contributed by atoms with Crippen molar-refractivity contribution in [3.05, 3.63) is 64.7 Å². The number of amides is 3. The summed E-state index contributed by atoms with van der Waals surface area (Å²) in [7, 11) is 0. The topological polar surface area (TPSA) is 145 Å². The van der Waals surface area contributed by atoms with E-state index in [-0.39, 0.29) is 28.7 Å². The van der Waals surface area contributed by atoms with Gasteiger partial charge in [-0.15, -0.1) is 0 Å². The van der Waals surface area contributed by atoms with Crippen molar-refractivity contribution in [2.24, 2.45) is 5.92 Å². The van der Waals surface area contributed by atoms with E-state index in [1.54, 1.807) is 44.2 Å². The highest BCUT2D eigenvalue weighted by molar-refractivity contribution is 7.98. The fourth-order valence-corrected chi connectivity index (χ4v) is 4.01. The van der Waals surface area contributed by atoms with Crippen LogP contribution in [0.2, 0.25) is 5.02 Å². The number of rotatable bonds is 12. The maximum Gasteiger partial charge on any atom is 0.326 e. The number of phenolic OH excluding ortho intramolecular Hbond substituents is 1. The number of carboxylic acids is 1. The van der Waals surface area contributed by atoms with Crippen molar-refractivity contribution < 1.29 is 29.4 Å². The Kier molecular flexibility index (Phi) is 11.1. The van der Waals surface area contributed by atoms with E-state index in [9.17, 15) is 29.4 Å². The van der Waals surface area contributed by atoms with E-state index in [2.05, 4.69) is 16.0 Å². The van der Waals surface area contributed by atoms with Gasteiger partial charge in [-0.1, -0.05) is 55.8 Å². The van der Waals surface area contributed by atoms with Gasteiger partial charge in [0.25, 0.3) is 5.91 Å². The van der Waals surface area contributed by atoms with Crippen LogP contribution in [0.25, 0.3) is 0 Å². The molecule has 0 aliphatic heterocycles. The third-order valence-electron chi connectivity index (χ3n) is 5.35. The normalized spacial score (nSPS) is 13.4. The van der Waals surface area contributed by atoms with Crippen molar-refractivity contribution in [3.63, 3.8) is 0 Å². The lowest BCUT2D eigenvalue weighted by Crippen LogP contribution is -2.53. The molecule has 0 saturated carbocycles. The maximum absolute atomic E-state index is 13.3. The molecule has 2 aromatic rings. The predicted octanol–water partition coefficient (Wildman–Crippen LogP) is 2.98. The van der Waals surface area contributed by atoms with Gasteiger partial charge in [0.05, 0.1) is 5.56 Å². The van der Waals surface area contributed by atoms with Gasteiger partial charge in [-0.3, -0.25) is 14.4 Å². The fraction of sp³-hybridized carbons (Fsp3) is 0.360. The van der Waals surface area contributed by atoms with Gasteiger partial charge in [-0.25, -0.2) is 4.79 Å². The van der Waals surface area contributed by atoms with Crippen molar-refractivity contribution in [3.8, 4) is 5.75 Å². The number of aliphatic carboxylic acids is 1. The van der Waals surface area contributed by atoms with E-state index >= 15 is 0 Å². The molecular weight excluding hydrogens is 506 g/mol. The molecule has 0 aliphatic carbocycles. The number of phenols is 1. The van der Waals surface area contributed by atoms with Gasteiger partial charge in [-0.05, 0) is 48.1 Å². The highest BCUT2D eigenvalue weighted by Gasteiger charge is 2.32. The number of halogens is 1. The van der Waals surface area contributed by atoms with Gasteiger partial charge in [-0.2, -0.15) is 11.8 Å². The number of thioether (sulfide) groups is 1. The van der Waals surface area contributed by atoms with Crippen molar-refractivity contribution in [1.82, 2.24) is 16.0 Å². The van der Waals surface area contributed by atoms with E-state index < -0.39 is 41.8 Å². The van der Waals surface area contributed by atoms with Crippen LogP contribution < -0.4 is 16.0 Å². The highest BCUT2D eigenvalue weighted by Crippen LogP contribution is 2.22. The first kappa shape index (κ1) is 29.0. The van der Waals surface area contributed by atoms with Crippen LogP contribution in [0.15, 0.2) is 48.5 Å². The van der Waals surface area contributed by atoms with Crippen LogP contribution in [-0.4, -0.2) is 58.0 Å². The minimum atomic E-state index is -1.20. The summed E-state index contributed by atoms with van der Waals surface area (Å²) >= 11 is 7.28. The average molecular weight is 536 g/mol. The smallest absolute Gasteiger partial charge is 0.326 e. The highest BCUT2D eigenvalue weighted by atomic mass is 35.5. The Balaban J connectivity index is 2.26. The molecule has 0 bridgehead atoms. The van der Waals surface area contributed by atoms with Crippen LogP contribution in [0.1, 0.15) is 42.2 Å². The molecule has 11 heteroatoms. The van der Waals surface area contributed by atoms with Crippen LogP contribution in [0.4, 0.5) is 0 Å². The minimum Gasteiger partial charge on any atom is -0.507 e. The monoisotopic (exact) mass is 535 g/mol. The molecule has 0 fully saturated rings. The predicted molar refractivity (Wildman–Crippen MR) is 139 cm³/mol. The van der Waals surface area contributed by atoms with Crippen molar-refractivity contribution in [1.29, 1.82) is 0 Å². The second-order valence-electron chi connectivity index (χ2n) is 8.39. The van der Waals surface area contributed by atoms with Crippen LogP contribution >= 0.6 is 23.4 Å². The van der Waals surface area contributed by atoms with E-state index in [1.807, 2.05) is 6.26 Å². The van der Waals surface area contributed by atoms with Gasteiger partial charge in [0.2, 0.25) is 11.8 Å². The Morgan fingerprint density at radius 3 is 2.19 bits per heavy atom. The number of carbonyl (C=O) groups excluding carboxylic acids is 3. The van der Waals surface area contributed by atoms with E-state index in [1.165, 1.54) is 30.0 Å². The molecule has 2 aromatic carbocycles. The number of carboxylic acid groups (broad SMARTS) is 1. The fourth-order valence-electron chi connectivity index (χ4n) is 3.38. The van der Waals surface area contributed by atoms with E-state index in [4.69, 9.17) is 11.6 Å². The Morgan fingerprint density at radius 2 is 1.64 bits per heavy atom. The van der Waals surface area contributed by atoms with Crippen molar-refractivity contribution in [2.45, 2.75) is 38.4 Å². The van der Waals surface area contributed by atoms with Crippen LogP contribution in [-0.2, 0) is 14.4 Å². The SMILES string of the molecule is CSCC[C@H](NC(=O)[C@@H](NC(=O)[C@@H](NC(=O)c1ccc(Cl)cc1O)C(C)C)c1ccccc1)C(=O)O. The molecule has 36 heavy (non-hydrogen) atoms. The summed E-state index contributed by atoms with van der Waals surface area (Å²) in [4.78, 5) is 50.8. The third-order valence-corrected chi connectivity index (χ3v) is 6.23. The molecular formula is C25H30ClN3O6S. The Hall–Kier alpha value is -3.24. The zero-order valence-electron chi connectivity index (χ0n) is 20.2. The molecule has 0 saturated heterocycles. The standard InChI is InChI=1S/C25H30ClN3O6S/c1-14(2)20(28-22(31)17-10-9-16(26)13-19(17)30)23(32)29-21(15-7-5-4-6-8-15)24(33)27-18(25(34)35)11-12-36-3/h4-10,13-14,18,20-21,30H,11-12H2,1-3H3,(H,27,33)(H,28,31)(H,29,32)(H,34,35)/t18-,20-,21-/m0/s1. The number of carbonyl (C=O) groups is 4. The molecule has 0 aromatic heterocycles. The molecule has 0 spiro atoms. The van der Waals surface area contributed by atoms with Crippen LogP contribution in [0, 0.1) is 5.92 Å². The number of benzene rings is 2. The van der Waals surface area contributed by atoms with E-state index in [0.717, 1.165) is 0 Å². The van der Waals surface area contributed by atoms with Gasteiger partial charge >= 0.3 is 5.97 Å². The first-order valence-electron chi connectivity index (χ1n) is 11.2. The summed E-state index contributed by atoms with van der Waals surface area (Å²) in [6, 6.07) is 9.01. The van der Waals surface area contributed by atoms with Gasteiger partial charge in [0.15, 0.2) is 0 Å². The first-order chi connectivity index (χ1) is 17.0. The zero-order chi connectivity index (χ0) is 26.8. The Bertz CT molecular complexity index is 1080. The zero-order valence-corrected chi connectivity index (χ0v) is 21.7. The molecule has 0 aliphatic rings. The van der Waals surface area contributed by atoms with Crippen molar-refractivity contribution in [2.75, 3.05) is 12.0 Å². The summed E-state index contributed by atoms with van der Waals surface area (Å²) in [5, 5.41) is 27.6. The summed E-state index contributed by atoms with van der Waals surface area (Å²) < 4.78 is 0. The third kappa shape index (κ3) is 8.17.